The molecular formula is C17H13N3. The summed E-state index contributed by atoms with van der Waals surface area (Å²) in [6.07, 6.45) is 1.82. The molecule has 0 N–H and O–H groups in total. The third kappa shape index (κ3) is 2.08. The highest BCUT2D eigenvalue weighted by Gasteiger charge is 2.08. The molecule has 0 saturated heterocycles. The van der Waals surface area contributed by atoms with Gasteiger partial charge >= 0.3 is 0 Å². The van der Waals surface area contributed by atoms with Crippen LogP contribution in [0.4, 0.5) is 11.4 Å². The fourth-order valence-electron chi connectivity index (χ4n) is 2.27. The van der Waals surface area contributed by atoms with Gasteiger partial charge in [-0.05, 0) is 36.4 Å². The number of aromatic nitrogens is 1. The number of anilines is 2. The van der Waals surface area contributed by atoms with E-state index < -0.39 is 0 Å². The van der Waals surface area contributed by atoms with Gasteiger partial charge in [-0.3, -0.25) is 4.98 Å². The van der Waals surface area contributed by atoms with E-state index in [2.05, 4.69) is 22.0 Å². The maximum absolute atomic E-state index is 8.85. The molecule has 0 aliphatic rings. The molecule has 3 nitrogen and oxygen atoms in total. The maximum Gasteiger partial charge on any atom is 0.0991 e. The minimum Gasteiger partial charge on any atom is -0.344 e. The third-order valence-electron chi connectivity index (χ3n) is 3.37. The van der Waals surface area contributed by atoms with Crippen molar-refractivity contribution in [1.82, 2.24) is 4.98 Å². The largest absolute Gasteiger partial charge is 0.344 e. The zero-order valence-electron chi connectivity index (χ0n) is 11.1. The van der Waals surface area contributed by atoms with Gasteiger partial charge in [0.15, 0.2) is 0 Å². The number of hydrogen-bond acceptors (Lipinski definition) is 3. The van der Waals surface area contributed by atoms with Crippen LogP contribution < -0.4 is 4.90 Å². The number of nitriles is 1. The molecular weight excluding hydrogens is 246 g/mol. The minimum atomic E-state index is 0.668. The van der Waals surface area contributed by atoms with Crippen molar-refractivity contribution in [3.8, 4) is 6.07 Å². The Bertz CT molecular complexity index is 780. The van der Waals surface area contributed by atoms with Gasteiger partial charge in [-0.1, -0.05) is 18.2 Å². The lowest BCUT2D eigenvalue weighted by molar-refractivity contribution is 1.21. The summed E-state index contributed by atoms with van der Waals surface area (Å²) in [6, 6.07) is 19.8. The minimum absolute atomic E-state index is 0.668. The van der Waals surface area contributed by atoms with E-state index in [1.54, 1.807) is 0 Å². The second-order valence-electron chi connectivity index (χ2n) is 4.56. The summed E-state index contributed by atoms with van der Waals surface area (Å²) in [7, 11) is 2.02. The number of benzene rings is 2. The average Bonchev–Trinajstić information content (AvgIpc) is 2.54. The van der Waals surface area contributed by atoms with Gasteiger partial charge in [-0.25, -0.2) is 0 Å². The molecule has 0 aliphatic carbocycles. The summed E-state index contributed by atoms with van der Waals surface area (Å²) < 4.78 is 0. The molecule has 0 aliphatic heterocycles. The molecule has 0 radical (unpaired) electrons. The quantitative estimate of drug-likeness (QED) is 0.701. The van der Waals surface area contributed by atoms with Crippen LogP contribution in [0.15, 0.2) is 60.8 Å². The maximum atomic E-state index is 8.85. The van der Waals surface area contributed by atoms with Crippen LogP contribution in [0.5, 0.6) is 0 Å². The molecule has 2 aromatic carbocycles. The Hall–Kier alpha value is -2.86. The average molecular weight is 259 g/mol. The molecule has 3 rings (SSSR count). The van der Waals surface area contributed by atoms with Crippen molar-refractivity contribution in [1.29, 1.82) is 5.26 Å². The van der Waals surface area contributed by atoms with Crippen molar-refractivity contribution in [3.63, 3.8) is 0 Å². The monoisotopic (exact) mass is 259 g/mol. The van der Waals surface area contributed by atoms with Gasteiger partial charge in [0.2, 0.25) is 0 Å². The number of pyridine rings is 1. The zero-order valence-corrected chi connectivity index (χ0v) is 11.1. The Kier molecular flexibility index (Phi) is 3.06. The highest BCUT2D eigenvalue weighted by atomic mass is 15.1. The van der Waals surface area contributed by atoms with Crippen LogP contribution in [-0.4, -0.2) is 12.0 Å². The zero-order chi connectivity index (χ0) is 13.9. The smallest absolute Gasteiger partial charge is 0.0991 e. The van der Waals surface area contributed by atoms with Crippen molar-refractivity contribution in [2.75, 3.05) is 11.9 Å². The van der Waals surface area contributed by atoms with Crippen LogP contribution in [0.1, 0.15) is 5.56 Å². The Morgan fingerprint density at radius 2 is 1.75 bits per heavy atom. The SMILES string of the molecule is CN(c1ccc(C#N)cc1)c1ccnc2ccccc12. The molecule has 1 heterocycles. The van der Waals surface area contributed by atoms with E-state index >= 15 is 0 Å². The van der Waals surface area contributed by atoms with Crippen molar-refractivity contribution in [2.24, 2.45) is 0 Å². The third-order valence-corrected chi connectivity index (χ3v) is 3.37. The molecule has 0 unspecified atom stereocenters. The first-order valence-corrected chi connectivity index (χ1v) is 6.37. The van der Waals surface area contributed by atoms with Gasteiger partial charge in [0.05, 0.1) is 22.8 Å². The van der Waals surface area contributed by atoms with E-state index in [0.717, 1.165) is 22.3 Å². The van der Waals surface area contributed by atoms with Crippen LogP contribution in [0.25, 0.3) is 10.9 Å². The van der Waals surface area contributed by atoms with E-state index in [-0.39, 0.29) is 0 Å². The molecule has 0 fully saturated rings. The Morgan fingerprint density at radius 3 is 2.50 bits per heavy atom. The van der Waals surface area contributed by atoms with Crippen LogP contribution in [0, 0.1) is 11.3 Å². The summed E-state index contributed by atoms with van der Waals surface area (Å²) in [6.45, 7) is 0. The number of fused-ring (bicyclic) bond motifs is 1. The van der Waals surface area contributed by atoms with Gasteiger partial charge < -0.3 is 4.90 Å². The van der Waals surface area contributed by atoms with Crippen molar-refractivity contribution >= 4 is 22.3 Å². The summed E-state index contributed by atoms with van der Waals surface area (Å²) in [5.41, 5.74) is 3.79. The first-order valence-electron chi connectivity index (χ1n) is 6.37. The fourth-order valence-corrected chi connectivity index (χ4v) is 2.27. The standard InChI is InChI=1S/C17H13N3/c1-20(14-8-6-13(12-18)7-9-14)17-10-11-19-16-5-3-2-4-15(16)17/h2-11H,1H3. The molecule has 20 heavy (non-hydrogen) atoms. The summed E-state index contributed by atoms with van der Waals surface area (Å²) in [5.74, 6) is 0. The molecule has 96 valence electrons. The lowest BCUT2D eigenvalue weighted by Gasteiger charge is -2.21. The molecule has 3 aromatic rings. The topological polar surface area (TPSA) is 39.9 Å². The van der Waals surface area contributed by atoms with Crippen LogP contribution >= 0.6 is 0 Å². The van der Waals surface area contributed by atoms with Gasteiger partial charge in [0.25, 0.3) is 0 Å². The summed E-state index contributed by atoms with van der Waals surface area (Å²) >= 11 is 0. The summed E-state index contributed by atoms with van der Waals surface area (Å²) in [5, 5.41) is 9.97. The van der Waals surface area contributed by atoms with E-state index in [1.807, 2.05) is 61.8 Å². The van der Waals surface area contributed by atoms with E-state index in [9.17, 15) is 0 Å². The molecule has 1 aromatic heterocycles. The Morgan fingerprint density at radius 1 is 1.00 bits per heavy atom. The molecule has 0 spiro atoms. The Balaban J connectivity index is 2.08. The predicted molar refractivity (Wildman–Crippen MR) is 81.0 cm³/mol. The highest BCUT2D eigenvalue weighted by molar-refractivity contribution is 5.93. The first-order chi connectivity index (χ1) is 9.79. The first kappa shape index (κ1) is 12.2. The highest BCUT2D eigenvalue weighted by Crippen LogP contribution is 2.29. The van der Waals surface area contributed by atoms with E-state index in [4.69, 9.17) is 5.26 Å². The van der Waals surface area contributed by atoms with Crippen LogP contribution in [0.3, 0.4) is 0 Å². The number of nitrogens with zero attached hydrogens (tertiary/aromatic N) is 3. The van der Waals surface area contributed by atoms with Crippen molar-refractivity contribution in [2.45, 2.75) is 0 Å². The van der Waals surface area contributed by atoms with Gasteiger partial charge in [0, 0.05) is 24.3 Å². The number of para-hydroxylation sites is 1. The number of hydrogen-bond donors (Lipinski definition) is 0. The second-order valence-corrected chi connectivity index (χ2v) is 4.56. The van der Waals surface area contributed by atoms with Gasteiger partial charge in [-0.2, -0.15) is 5.26 Å². The van der Waals surface area contributed by atoms with E-state index in [1.165, 1.54) is 0 Å². The predicted octanol–water partition coefficient (Wildman–Crippen LogP) is 3.87. The molecule has 0 bridgehead atoms. The fraction of sp³-hybridized carbons (Fsp3) is 0.0588. The van der Waals surface area contributed by atoms with E-state index in [0.29, 0.717) is 5.56 Å². The van der Waals surface area contributed by atoms with Gasteiger partial charge in [0.1, 0.15) is 0 Å². The molecule has 3 heteroatoms. The lowest BCUT2D eigenvalue weighted by Crippen LogP contribution is -2.10. The lowest BCUT2D eigenvalue weighted by atomic mass is 10.1. The molecule has 0 saturated carbocycles. The second kappa shape index (κ2) is 5.02. The van der Waals surface area contributed by atoms with Crippen LogP contribution in [-0.2, 0) is 0 Å². The molecule has 0 amide bonds. The van der Waals surface area contributed by atoms with Crippen molar-refractivity contribution in [3.05, 3.63) is 66.4 Å². The van der Waals surface area contributed by atoms with Gasteiger partial charge in [-0.15, -0.1) is 0 Å². The summed E-state index contributed by atoms with van der Waals surface area (Å²) in [4.78, 5) is 6.48. The normalized spacial score (nSPS) is 10.2. The number of rotatable bonds is 2. The molecule has 0 atom stereocenters. The van der Waals surface area contributed by atoms with Crippen LogP contribution in [0.2, 0.25) is 0 Å². The Labute approximate surface area is 117 Å². The van der Waals surface area contributed by atoms with Crippen molar-refractivity contribution < 1.29 is 0 Å².